The summed E-state index contributed by atoms with van der Waals surface area (Å²) in [7, 11) is 1.66. The Hall–Kier alpha value is -1.97. The number of hydrogen-bond donors (Lipinski definition) is 1. The molecule has 0 saturated heterocycles. The summed E-state index contributed by atoms with van der Waals surface area (Å²) in [6.45, 7) is 8.14. The molecule has 1 N–H and O–H groups in total. The standard InChI is InChI=1S/C17H25NO3/c1-13-9-10-15(20-5)12-14(13)8-6-7-11-18-16(19)21-17(2,3)4/h6,8-10,12H,7,11H2,1-5H3,(H,18,19). The van der Waals surface area contributed by atoms with Gasteiger partial charge in [0, 0.05) is 6.54 Å². The van der Waals surface area contributed by atoms with Crippen LogP contribution in [0.3, 0.4) is 0 Å². The van der Waals surface area contributed by atoms with Gasteiger partial charge in [0.25, 0.3) is 0 Å². The molecule has 1 amide bonds. The van der Waals surface area contributed by atoms with Gasteiger partial charge in [-0.25, -0.2) is 4.79 Å². The van der Waals surface area contributed by atoms with Gasteiger partial charge in [0.05, 0.1) is 7.11 Å². The zero-order chi connectivity index (χ0) is 15.9. The van der Waals surface area contributed by atoms with E-state index in [4.69, 9.17) is 9.47 Å². The molecule has 0 atom stereocenters. The minimum Gasteiger partial charge on any atom is -0.497 e. The maximum atomic E-state index is 11.5. The molecular weight excluding hydrogens is 266 g/mol. The predicted octanol–water partition coefficient (Wildman–Crippen LogP) is 3.93. The molecule has 0 aromatic heterocycles. The van der Waals surface area contributed by atoms with Crippen molar-refractivity contribution in [3.8, 4) is 5.75 Å². The Morgan fingerprint density at radius 2 is 2.05 bits per heavy atom. The molecule has 0 aliphatic carbocycles. The molecule has 4 nitrogen and oxygen atoms in total. The number of ether oxygens (including phenoxy) is 2. The van der Waals surface area contributed by atoms with Crippen LogP contribution in [0.4, 0.5) is 4.79 Å². The minimum atomic E-state index is -0.461. The maximum Gasteiger partial charge on any atom is 0.407 e. The Morgan fingerprint density at radius 1 is 1.33 bits per heavy atom. The van der Waals surface area contributed by atoms with Crippen LogP contribution < -0.4 is 10.1 Å². The Balaban J connectivity index is 2.40. The number of amides is 1. The third kappa shape index (κ3) is 6.84. The molecule has 0 spiro atoms. The highest BCUT2D eigenvalue weighted by Gasteiger charge is 2.15. The molecule has 0 bridgehead atoms. The molecule has 21 heavy (non-hydrogen) atoms. The fourth-order valence-corrected chi connectivity index (χ4v) is 1.71. The molecule has 4 heteroatoms. The van der Waals surface area contributed by atoms with E-state index in [0.29, 0.717) is 6.54 Å². The van der Waals surface area contributed by atoms with E-state index >= 15 is 0 Å². The second kappa shape index (κ2) is 7.72. The SMILES string of the molecule is COc1ccc(C)c(C=CCCNC(=O)OC(C)(C)C)c1. The highest BCUT2D eigenvalue weighted by Crippen LogP contribution is 2.18. The van der Waals surface area contributed by atoms with Gasteiger partial charge in [-0.3, -0.25) is 0 Å². The molecule has 0 fully saturated rings. The van der Waals surface area contributed by atoms with Crippen molar-refractivity contribution >= 4 is 12.2 Å². The summed E-state index contributed by atoms with van der Waals surface area (Å²) in [5, 5.41) is 2.73. The fourth-order valence-electron chi connectivity index (χ4n) is 1.71. The van der Waals surface area contributed by atoms with Crippen LogP contribution in [0, 0.1) is 6.92 Å². The van der Waals surface area contributed by atoms with Gasteiger partial charge in [0.15, 0.2) is 0 Å². The van der Waals surface area contributed by atoms with Gasteiger partial charge < -0.3 is 14.8 Å². The van der Waals surface area contributed by atoms with E-state index in [9.17, 15) is 4.79 Å². The first-order chi connectivity index (χ1) is 9.81. The minimum absolute atomic E-state index is 0.381. The molecule has 1 aromatic rings. The average Bonchev–Trinajstić information content (AvgIpc) is 2.38. The van der Waals surface area contributed by atoms with Crippen LogP contribution in [0.15, 0.2) is 24.3 Å². The lowest BCUT2D eigenvalue weighted by molar-refractivity contribution is 0.0529. The summed E-state index contributed by atoms with van der Waals surface area (Å²) in [6.07, 6.45) is 4.43. The topological polar surface area (TPSA) is 47.6 Å². The van der Waals surface area contributed by atoms with Gasteiger partial charge in [-0.1, -0.05) is 18.2 Å². The van der Waals surface area contributed by atoms with Crippen LogP contribution >= 0.6 is 0 Å². The zero-order valence-electron chi connectivity index (χ0n) is 13.5. The van der Waals surface area contributed by atoms with Crippen LogP contribution in [0.2, 0.25) is 0 Å². The molecule has 0 radical (unpaired) electrons. The van der Waals surface area contributed by atoms with Gasteiger partial charge >= 0.3 is 6.09 Å². The molecule has 0 saturated carbocycles. The van der Waals surface area contributed by atoms with Crippen molar-refractivity contribution in [2.45, 2.75) is 39.7 Å². The summed E-state index contributed by atoms with van der Waals surface area (Å²) < 4.78 is 10.4. The normalized spacial score (nSPS) is 11.5. The van der Waals surface area contributed by atoms with E-state index in [1.54, 1.807) is 7.11 Å². The number of carbonyl (C=O) groups excluding carboxylic acids is 1. The monoisotopic (exact) mass is 291 g/mol. The molecular formula is C17H25NO3. The first-order valence-electron chi connectivity index (χ1n) is 7.10. The average molecular weight is 291 g/mol. The van der Waals surface area contributed by atoms with Crippen molar-refractivity contribution in [2.75, 3.05) is 13.7 Å². The van der Waals surface area contributed by atoms with E-state index in [0.717, 1.165) is 17.7 Å². The molecule has 116 valence electrons. The summed E-state index contributed by atoms with van der Waals surface area (Å²) >= 11 is 0. The van der Waals surface area contributed by atoms with Crippen molar-refractivity contribution in [1.82, 2.24) is 5.32 Å². The Kier molecular flexibility index (Phi) is 6.28. The van der Waals surface area contributed by atoms with Gasteiger partial charge in [-0.15, -0.1) is 0 Å². The van der Waals surface area contributed by atoms with E-state index in [1.165, 1.54) is 5.56 Å². The number of alkyl carbamates (subject to hydrolysis) is 1. The van der Waals surface area contributed by atoms with Crippen LogP contribution in [0.25, 0.3) is 6.08 Å². The fraction of sp³-hybridized carbons (Fsp3) is 0.471. The van der Waals surface area contributed by atoms with E-state index < -0.39 is 5.60 Å². The van der Waals surface area contributed by atoms with Crippen LogP contribution in [-0.4, -0.2) is 25.3 Å². The Labute approximate surface area is 127 Å². The van der Waals surface area contributed by atoms with Crippen LogP contribution in [-0.2, 0) is 4.74 Å². The first kappa shape index (κ1) is 17.1. The van der Waals surface area contributed by atoms with Crippen molar-refractivity contribution in [1.29, 1.82) is 0 Å². The molecule has 0 aliphatic heterocycles. The molecule has 0 unspecified atom stereocenters. The van der Waals surface area contributed by atoms with Gasteiger partial charge in [0.1, 0.15) is 11.4 Å². The number of nitrogens with one attached hydrogen (secondary N) is 1. The summed E-state index contributed by atoms with van der Waals surface area (Å²) in [6, 6.07) is 5.96. The number of benzene rings is 1. The third-order valence-electron chi connectivity index (χ3n) is 2.76. The van der Waals surface area contributed by atoms with Gasteiger partial charge in [0.2, 0.25) is 0 Å². The molecule has 0 aliphatic rings. The second-order valence-corrected chi connectivity index (χ2v) is 5.84. The van der Waals surface area contributed by atoms with E-state index in [-0.39, 0.29) is 6.09 Å². The van der Waals surface area contributed by atoms with Crippen LogP contribution in [0.5, 0.6) is 5.75 Å². The predicted molar refractivity (Wildman–Crippen MR) is 85.6 cm³/mol. The lowest BCUT2D eigenvalue weighted by Gasteiger charge is -2.19. The van der Waals surface area contributed by atoms with Gasteiger partial charge in [-0.2, -0.15) is 0 Å². The van der Waals surface area contributed by atoms with Crippen molar-refractivity contribution in [3.05, 3.63) is 35.4 Å². The number of methoxy groups -OCH3 is 1. The van der Waals surface area contributed by atoms with E-state index in [1.807, 2.05) is 51.1 Å². The van der Waals surface area contributed by atoms with Gasteiger partial charge in [-0.05, 0) is 57.4 Å². The summed E-state index contributed by atoms with van der Waals surface area (Å²) in [4.78, 5) is 11.5. The lowest BCUT2D eigenvalue weighted by atomic mass is 10.1. The number of carbonyl (C=O) groups is 1. The number of hydrogen-bond acceptors (Lipinski definition) is 3. The van der Waals surface area contributed by atoms with Crippen LogP contribution in [0.1, 0.15) is 38.3 Å². The lowest BCUT2D eigenvalue weighted by Crippen LogP contribution is -2.32. The smallest absolute Gasteiger partial charge is 0.407 e. The second-order valence-electron chi connectivity index (χ2n) is 5.84. The van der Waals surface area contributed by atoms with Crippen molar-refractivity contribution < 1.29 is 14.3 Å². The Bertz CT molecular complexity index is 501. The quantitative estimate of drug-likeness (QED) is 0.836. The highest BCUT2D eigenvalue weighted by atomic mass is 16.6. The summed E-state index contributed by atoms with van der Waals surface area (Å²) in [5.41, 5.74) is 1.84. The molecule has 1 rings (SSSR count). The first-order valence-corrected chi connectivity index (χ1v) is 7.10. The summed E-state index contributed by atoms with van der Waals surface area (Å²) in [5.74, 6) is 0.840. The van der Waals surface area contributed by atoms with Crippen molar-refractivity contribution in [2.24, 2.45) is 0 Å². The molecule has 1 aromatic carbocycles. The largest absolute Gasteiger partial charge is 0.497 e. The van der Waals surface area contributed by atoms with Crippen molar-refractivity contribution in [3.63, 3.8) is 0 Å². The van der Waals surface area contributed by atoms with E-state index in [2.05, 4.69) is 12.2 Å². The highest BCUT2D eigenvalue weighted by molar-refractivity contribution is 5.67. The molecule has 0 heterocycles. The maximum absolute atomic E-state index is 11.5. The zero-order valence-corrected chi connectivity index (χ0v) is 13.5. The Morgan fingerprint density at radius 3 is 2.67 bits per heavy atom. The number of aryl methyl sites for hydroxylation is 1. The third-order valence-corrected chi connectivity index (χ3v) is 2.76. The number of rotatable bonds is 5.